The Morgan fingerprint density at radius 1 is 1.56 bits per heavy atom. The first-order valence-electron chi connectivity index (χ1n) is 5.61. The van der Waals surface area contributed by atoms with E-state index >= 15 is 0 Å². The predicted octanol–water partition coefficient (Wildman–Crippen LogP) is 2.84. The van der Waals surface area contributed by atoms with Crippen LogP contribution in [0.25, 0.3) is 0 Å². The minimum absolute atomic E-state index is 0.103. The molecule has 0 saturated carbocycles. The summed E-state index contributed by atoms with van der Waals surface area (Å²) in [7, 11) is 0. The van der Waals surface area contributed by atoms with E-state index in [9.17, 15) is 4.79 Å². The summed E-state index contributed by atoms with van der Waals surface area (Å²) in [5.74, 6) is 0.432. The van der Waals surface area contributed by atoms with Crippen LogP contribution in [-0.4, -0.2) is 16.0 Å². The SMILES string of the molecule is Cc1ccc(CC(C)Nc2nc[nH]c(=O)c2Cl)s1. The quantitative estimate of drug-likeness (QED) is 0.907. The van der Waals surface area contributed by atoms with Gasteiger partial charge in [-0.15, -0.1) is 11.3 Å². The van der Waals surface area contributed by atoms with Crippen LogP contribution in [0.15, 0.2) is 23.3 Å². The van der Waals surface area contributed by atoms with Crippen molar-refractivity contribution >= 4 is 28.8 Å². The summed E-state index contributed by atoms with van der Waals surface area (Å²) in [6, 6.07) is 4.38. The number of hydrogen-bond donors (Lipinski definition) is 2. The monoisotopic (exact) mass is 283 g/mol. The van der Waals surface area contributed by atoms with E-state index in [1.165, 1.54) is 16.1 Å². The van der Waals surface area contributed by atoms with Crippen LogP contribution in [-0.2, 0) is 6.42 Å². The molecule has 0 aromatic carbocycles. The molecule has 2 rings (SSSR count). The van der Waals surface area contributed by atoms with E-state index in [4.69, 9.17) is 11.6 Å². The van der Waals surface area contributed by atoms with E-state index in [1.807, 2.05) is 6.92 Å². The van der Waals surface area contributed by atoms with E-state index in [-0.39, 0.29) is 16.6 Å². The van der Waals surface area contributed by atoms with Gasteiger partial charge in [0.05, 0.1) is 6.33 Å². The van der Waals surface area contributed by atoms with Gasteiger partial charge in [0.15, 0.2) is 5.82 Å². The molecule has 0 bridgehead atoms. The van der Waals surface area contributed by atoms with Crippen molar-refractivity contribution in [3.8, 4) is 0 Å². The van der Waals surface area contributed by atoms with Gasteiger partial charge < -0.3 is 10.3 Å². The first-order valence-corrected chi connectivity index (χ1v) is 6.80. The summed E-state index contributed by atoms with van der Waals surface area (Å²) in [6.07, 6.45) is 2.22. The molecule has 0 aliphatic heterocycles. The average Bonchev–Trinajstić information content (AvgIpc) is 2.70. The number of anilines is 1. The van der Waals surface area contributed by atoms with Crippen LogP contribution in [0.3, 0.4) is 0 Å². The normalized spacial score (nSPS) is 12.4. The summed E-state index contributed by atoms with van der Waals surface area (Å²) in [5.41, 5.74) is -0.326. The molecular weight excluding hydrogens is 270 g/mol. The maximum Gasteiger partial charge on any atom is 0.271 e. The van der Waals surface area contributed by atoms with Crippen LogP contribution in [0.1, 0.15) is 16.7 Å². The number of nitrogens with zero attached hydrogens (tertiary/aromatic N) is 1. The molecule has 4 nitrogen and oxygen atoms in total. The number of rotatable bonds is 4. The summed E-state index contributed by atoms with van der Waals surface area (Å²) in [4.78, 5) is 20.4. The third kappa shape index (κ3) is 3.11. The Bertz CT molecular complexity index is 593. The van der Waals surface area contributed by atoms with Crippen molar-refractivity contribution in [1.29, 1.82) is 0 Å². The van der Waals surface area contributed by atoms with Crippen LogP contribution >= 0.6 is 22.9 Å². The zero-order valence-electron chi connectivity index (χ0n) is 10.2. The van der Waals surface area contributed by atoms with Gasteiger partial charge >= 0.3 is 0 Å². The number of hydrogen-bond acceptors (Lipinski definition) is 4. The van der Waals surface area contributed by atoms with Gasteiger partial charge in [-0.3, -0.25) is 4.79 Å². The van der Waals surface area contributed by atoms with Crippen molar-refractivity contribution in [3.05, 3.63) is 43.6 Å². The minimum Gasteiger partial charge on any atom is -0.366 e. The number of aromatic amines is 1. The van der Waals surface area contributed by atoms with Gasteiger partial charge in [0.1, 0.15) is 5.02 Å². The molecule has 1 atom stereocenters. The molecule has 2 aromatic heterocycles. The molecule has 6 heteroatoms. The lowest BCUT2D eigenvalue weighted by atomic mass is 10.2. The highest BCUT2D eigenvalue weighted by molar-refractivity contribution is 7.11. The van der Waals surface area contributed by atoms with Crippen molar-refractivity contribution in [2.24, 2.45) is 0 Å². The summed E-state index contributed by atoms with van der Waals surface area (Å²) in [6.45, 7) is 4.12. The fraction of sp³-hybridized carbons (Fsp3) is 0.333. The van der Waals surface area contributed by atoms with E-state index in [1.54, 1.807) is 11.3 Å². The van der Waals surface area contributed by atoms with Gasteiger partial charge in [-0.1, -0.05) is 11.6 Å². The van der Waals surface area contributed by atoms with Crippen molar-refractivity contribution < 1.29 is 0 Å². The van der Waals surface area contributed by atoms with Gasteiger partial charge in [0, 0.05) is 22.2 Å². The second-order valence-electron chi connectivity index (χ2n) is 4.16. The molecule has 0 spiro atoms. The fourth-order valence-electron chi connectivity index (χ4n) is 1.66. The molecule has 18 heavy (non-hydrogen) atoms. The molecule has 2 N–H and O–H groups in total. The maximum absolute atomic E-state index is 11.3. The molecule has 0 saturated heterocycles. The third-order valence-electron chi connectivity index (χ3n) is 2.48. The molecular formula is C12H14ClN3OS. The lowest BCUT2D eigenvalue weighted by Crippen LogP contribution is -2.21. The number of thiophene rings is 1. The van der Waals surface area contributed by atoms with Crippen LogP contribution < -0.4 is 10.9 Å². The number of nitrogens with one attached hydrogen (secondary N) is 2. The predicted molar refractivity (Wildman–Crippen MR) is 75.7 cm³/mol. The molecule has 96 valence electrons. The Balaban J connectivity index is 2.05. The van der Waals surface area contributed by atoms with E-state index in [2.05, 4.69) is 34.3 Å². The van der Waals surface area contributed by atoms with Crippen molar-refractivity contribution in [2.45, 2.75) is 26.3 Å². The molecule has 0 fully saturated rings. The first-order chi connectivity index (χ1) is 8.56. The van der Waals surface area contributed by atoms with Gasteiger partial charge in [-0.25, -0.2) is 4.98 Å². The minimum atomic E-state index is -0.326. The lowest BCUT2D eigenvalue weighted by molar-refractivity contribution is 0.792. The molecule has 0 aliphatic rings. The van der Waals surface area contributed by atoms with Gasteiger partial charge in [-0.2, -0.15) is 0 Å². The number of halogens is 1. The Kier molecular flexibility index (Phi) is 4.04. The van der Waals surface area contributed by atoms with Crippen molar-refractivity contribution in [2.75, 3.05) is 5.32 Å². The highest BCUT2D eigenvalue weighted by Gasteiger charge is 2.10. The molecule has 2 heterocycles. The smallest absolute Gasteiger partial charge is 0.271 e. The molecule has 0 radical (unpaired) electrons. The average molecular weight is 284 g/mol. The highest BCUT2D eigenvalue weighted by atomic mass is 35.5. The van der Waals surface area contributed by atoms with E-state index < -0.39 is 0 Å². The Morgan fingerprint density at radius 3 is 3.00 bits per heavy atom. The van der Waals surface area contributed by atoms with Crippen LogP contribution in [0, 0.1) is 6.92 Å². The summed E-state index contributed by atoms with van der Waals surface area (Å²) >= 11 is 7.65. The number of aryl methyl sites for hydroxylation is 1. The van der Waals surface area contributed by atoms with Crippen LogP contribution in [0.5, 0.6) is 0 Å². The van der Waals surface area contributed by atoms with E-state index in [0.29, 0.717) is 5.82 Å². The number of aromatic nitrogens is 2. The second kappa shape index (κ2) is 5.54. The zero-order chi connectivity index (χ0) is 13.1. The Labute approximate surface area is 114 Å². The standard InChI is InChI=1S/C12H14ClN3OS/c1-7(5-9-4-3-8(2)18-9)16-11-10(13)12(17)15-6-14-11/h3-4,6-7H,5H2,1-2H3,(H2,14,15,16,17). The van der Waals surface area contributed by atoms with Crippen LogP contribution in [0.4, 0.5) is 5.82 Å². The van der Waals surface area contributed by atoms with Gasteiger partial charge in [-0.05, 0) is 26.0 Å². The largest absolute Gasteiger partial charge is 0.366 e. The van der Waals surface area contributed by atoms with Crippen molar-refractivity contribution in [1.82, 2.24) is 9.97 Å². The van der Waals surface area contributed by atoms with E-state index in [0.717, 1.165) is 6.42 Å². The third-order valence-corrected chi connectivity index (χ3v) is 3.86. The topological polar surface area (TPSA) is 57.8 Å². The number of H-pyrrole nitrogens is 1. The Hall–Kier alpha value is -1.33. The van der Waals surface area contributed by atoms with Gasteiger partial charge in [0.2, 0.25) is 0 Å². The molecule has 1 unspecified atom stereocenters. The summed E-state index contributed by atoms with van der Waals surface area (Å²) < 4.78 is 0. The lowest BCUT2D eigenvalue weighted by Gasteiger charge is -2.13. The Morgan fingerprint density at radius 2 is 2.33 bits per heavy atom. The molecule has 2 aromatic rings. The van der Waals surface area contributed by atoms with Crippen molar-refractivity contribution in [3.63, 3.8) is 0 Å². The second-order valence-corrected chi connectivity index (χ2v) is 5.91. The first kappa shape index (κ1) is 13.1. The highest BCUT2D eigenvalue weighted by Crippen LogP contribution is 2.19. The fourth-order valence-corrected chi connectivity index (χ4v) is 2.84. The summed E-state index contributed by atoms with van der Waals surface area (Å²) in [5, 5.41) is 3.26. The van der Waals surface area contributed by atoms with Gasteiger partial charge in [0.25, 0.3) is 5.56 Å². The van der Waals surface area contributed by atoms with Crippen LogP contribution in [0.2, 0.25) is 5.02 Å². The molecule has 0 amide bonds. The zero-order valence-corrected chi connectivity index (χ0v) is 11.7. The molecule has 0 aliphatic carbocycles. The maximum atomic E-state index is 11.3.